The number of nitrogens with zero attached hydrogens (tertiary/aromatic N) is 2. The van der Waals surface area contributed by atoms with E-state index in [0.29, 0.717) is 33.5 Å². The van der Waals surface area contributed by atoms with Gasteiger partial charge in [-0.3, -0.25) is 0 Å². The number of fused-ring (bicyclic) bond motifs is 1. The van der Waals surface area contributed by atoms with Crippen LogP contribution in [0.1, 0.15) is 5.01 Å². The molecule has 2 aromatic carbocycles. The molecule has 7 nitrogen and oxygen atoms in total. The van der Waals surface area contributed by atoms with E-state index >= 15 is 0 Å². The minimum Gasteiger partial charge on any atom is -0.497 e. The third kappa shape index (κ3) is 3.81. The van der Waals surface area contributed by atoms with E-state index in [0.717, 1.165) is 17.0 Å². The molecule has 1 aromatic heterocycles. The molecule has 146 valence electrons. The molecule has 29 heavy (non-hydrogen) atoms. The number of allylic oxidation sites excluding steroid dienone is 1. The highest BCUT2D eigenvalue weighted by Gasteiger charge is 2.16. The van der Waals surface area contributed by atoms with Crippen molar-refractivity contribution in [3.63, 3.8) is 0 Å². The number of anilines is 1. The van der Waals surface area contributed by atoms with Crippen LogP contribution in [0.2, 0.25) is 0 Å². The number of nitrogens with one attached hydrogen (secondary N) is 1. The van der Waals surface area contributed by atoms with E-state index in [1.54, 1.807) is 38.6 Å². The van der Waals surface area contributed by atoms with Crippen molar-refractivity contribution in [1.82, 2.24) is 4.98 Å². The van der Waals surface area contributed by atoms with Crippen molar-refractivity contribution in [1.29, 1.82) is 5.26 Å². The number of hydrogen-bond donors (Lipinski definition) is 1. The molecule has 1 aliphatic heterocycles. The lowest BCUT2D eigenvalue weighted by atomic mass is 10.1. The average molecular weight is 407 g/mol. The molecule has 0 atom stereocenters. The van der Waals surface area contributed by atoms with Gasteiger partial charge in [0.2, 0.25) is 6.79 Å². The summed E-state index contributed by atoms with van der Waals surface area (Å²) >= 11 is 1.39. The second kappa shape index (κ2) is 8.12. The van der Waals surface area contributed by atoms with Crippen LogP contribution in [0.5, 0.6) is 23.0 Å². The van der Waals surface area contributed by atoms with E-state index in [-0.39, 0.29) is 6.79 Å². The van der Waals surface area contributed by atoms with Crippen LogP contribution >= 0.6 is 11.3 Å². The van der Waals surface area contributed by atoms with Gasteiger partial charge in [-0.05, 0) is 30.3 Å². The number of methoxy groups -OCH3 is 2. The molecule has 0 fully saturated rings. The molecule has 0 bridgehead atoms. The van der Waals surface area contributed by atoms with E-state index in [4.69, 9.17) is 18.9 Å². The van der Waals surface area contributed by atoms with Crippen molar-refractivity contribution in [3.8, 4) is 40.3 Å². The summed E-state index contributed by atoms with van der Waals surface area (Å²) in [6.07, 6.45) is 1.61. The topological polar surface area (TPSA) is 85.6 Å². The van der Waals surface area contributed by atoms with Crippen LogP contribution < -0.4 is 24.3 Å². The number of rotatable bonds is 6. The molecule has 3 aromatic rings. The van der Waals surface area contributed by atoms with Gasteiger partial charge in [-0.15, -0.1) is 11.3 Å². The third-order valence-electron chi connectivity index (χ3n) is 4.30. The molecule has 0 amide bonds. The quantitative estimate of drug-likeness (QED) is 0.601. The lowest BCUT2D eigenvalue weighted by Crippen LogP contribution is -1.96. The number of benzene rings is 2. The highest BCUT2D eigenvalue weighted by atomic mass is 32.1. The largest absolute Gasteiger partial charge is 0.497 e. The fourth-order valence-electron chi connectivity index (χ4n) is 2.80. The number of thiazole rings is 1. The summed E-state index contributed by atoms with van der Waals surface area (Å²) in [5.41, 5.74) is 2.76. The van der Waals surface area contributed by atoms with E-state index in [1.165, 1.54) is 11.3 Å². The molecule has 0 saturated heterocycles. The summed E-state index contributed by atoms with van der Waals surface area (Å²) < 4.78 is 21.4. The molecule has 0 radical (unpaired) electrons. The first-order chi connectivity index (χ1) is 14.2. The van der Waals surface area contributed by atoms with E-state index in [1.807, 2.05) is 23.6 Å². The predicted molar refractivity (Wildman–Crippen MR) is 110 cm³/mol. The highest BCUT2D eigenvalue weighted by molar-refractivity contribution is 7.11. The van der Waals surface area contributed by atoms with Crippen molar-refractivity contribution in [2.75, 3.05) is 26.3 Å². The number of nitriles is 1. The normalized spacial score (nSPS) is 12.4. The minimum absolute atomic E-state index is 0.224. The SMILES string of the molecule is COc1ccc(OC)c(N/C=C(/C#N)c2nc(-c3ccc4c(c3)OCO4)cs2)c1. The molecule has 8 heteroatoms. The van der Waals surface area contributed by atoms with Gasteiger partial charge >= 0.3 is 0 Å². The number of hydrogen-bond acceptors (Lipinski definition) is 8. The zero-order valence-corrected chi connectivity index (χ0v) is 16.6. The number of aromatic nitrogens is 1. The summed E-state index contributed by atoms with van der Waals surface area (Å²) in [4.78, 5) is 4.60. The summed E-state index contributed by atoms with van der Waals surface area (Å²) in [6.45, 7) is 0.224. The maximum Gasteiger partial charge on any atom is 0.231 e. The smallest absolute Gasteiger partial charge is 0.231 e. The van der Waals surface area contributed by atoms with Gasteiger partial charge in [0, 0.05) is 23.2 Å². The summed E-state index contributed by atoms with van der Waals surface area (Å²) in [5.74, 6) is 2.73. The predicted octanol–water partition coefficient (Wildman–Crippen LogP) is 4.53. The zero-order valence-electron chi connectivity index (χ0n) is 15.8. The Balaban J connectivity index is 1.58. The van der Waals surface area contributed by atoms with Crippen LogP contribution in [0.15, 0.2) is 48.0 Å². The van der Waals surface area contributed by atoms with Crippen LogP contribution in [0.4, 0.5) is 5.69 Å². The molecule has 1 N–H and O–H groups in total. The van der Waals surface area contributed by atoms with Gasteiger partial charge in [-0.2, -0.15) is 5.26 Å². The minimum atomic E-state index is 0.224. The third-order valence-corrected chi connectivity index (χ3v) is 5.18. The van der Waals surface area contributed by atoms with E-state index in [2.05, 4.69) is 16.4 Å². The molecule has 2 heterocycles. The Morgan fingerprint density at radius 3 is 2.83 bits per heavy atom. The molecule has 4 rings (SSSR count). The van der Waals surface area contributed by atoms with Gasteiger partial charge in [-0.25, -0.2) is 4.98 Å². The monoisotopic (exact) mass is 407 g/mol. The molecule has 0 unspecified atom stereocenters. The standard InChI is InChI=1S/C21H17N3O4S/c1-25-15-4-6-18(26-2)16(8-15)23-10-14(9-22)21-24-17(11-29-21)13-3-5-19-20(7-13)28-12-27-19/h3-8,10-11,23H,12H2,1-2H3/b14-10-. The lowest BCUT2D eigenvalue weighted by Gasteiger charge is -2.10. The average Bonchev–Trinajstić information content (AvgIpc) is 3.43. The van der Waals surface area contributed by atoms with Gasteiger partial charge in [-0.1, -0.05) is 0 Å². The Kier molecular flexibility index (Phi) is 5.22. The maximum absolute atomic E-state index is 9.61. The van der Waals surface area contributed by atoms with Crippen molar-refractivity contribution >= 4 is 22.6 Å². The summed E-state index contributed by atoms with van der Waals surface area (Å²) in [7, 11) is 3.18. The molecule has 0 saturated carbocycles. The van der Waals surface area contributed by atoms with E-state index in [9.17, 15) is 5.26 Å². The fraction of sp³-hybridized carbons (Fsp3) is 0.143. The first-order valence-electron chi connectivity index (χ1n) is 8.66. The molecular weight excluding hydrogens is 390 g/mol. The van der Waals surface area contributed by atoms with Crippen LogP contribution in [0.3, 0.4) is 0 Å². The number of ether oxygens (including phenoxy) is 4. The van der Waals surface area contributed by atoms with Crippen LogP contribution in [0, 0.1) is 11.3 Å². The van der Waals surface area contributed by atoms with Crippen molar-refractivity contribution in [3.05, 3.63) is 53.0 Å². The lowest BCUT2D eigenvalue weighted by molar-refractivity contribution is 0.174. The van der Waals surface area contributed by atoms with Crippen molar-refractivity contribution < 1.29 is 18.9 Å². The Hall–Kier alpha value is -3.70. The summed E-state index contributed by atoms with van der Waals surface area (Å²) in [5, 5.41) is 15.2. The van der Waals surface area contributed by atoms with Gasteiger partial charge in [0.15, 0.2) is 11.5 Å². The van der Waals surface area contributed by atoms with E-state index < -0.39 is 0 Å². The fourth-order valence-corrected chi connectivity index (χ4v) is 3.60. The first-order valence-corrected chi connectivity index (χ1v) is 9.54. The summed E-state index contributed by atoms with van der Waals surface area (Å²) in [6, 6.07) is 13.2. The molecular formula is C21H17N3O4S. The second-order valence-electron chi connectivity index (χ2n) is 5.99. The highest BCUT2D eigenvalue weighted by Crippen LogP contribution is 2.36. The van der Waals surface area contributed by atoms with Crippen LogP contribution in [0.25, 0.3) is 16.8 Å². The van der Waals surface area contributed by atoms with Gasteiger partial charge in [0.1, 0.15) is 28.1 Å². The van der Waals surface area contributed by atoms with Crippen LogP contribution in [-0.4, -0.2) is 26.0 Å². The van der Waals surface area contributed by atoms with Crippen molar-refractivity contribution in [2.45, 2.75) is 0 Å². The maximum atomic E-state index is 9.61. The van der Waals surface area contributed by atoms with Gasteiger partial charge in [0.05, 0.1) is 25.6 Å². The van der Waals surface area contributed by atoms with Crippen molar-refractivity contribution in [2.24, 2.45) is 0 Å². The molecule has 1 aliphatic rings. The Morgan fingerprint density at radius 1 is 1.17 bits per heavy atom. The van der Waals surface area contributed by atoms with Crippen LogP contribution in [-0.2, 0) is 0 Å². The molecule has 0 spiro atoms. The zero-order chi connectivity index (χ0) is 20.2. The van der Waals surface area contributed by atoms with Gasteiger partial charge in [0.25, 0.3) is 0 Å². The Labute approximate surface area is 171 Å². The Bertz CT molecular complexity index is 1120. The molecule has 0 aliphatic carbocycles. The Morgan fingerprint density at radius 2 is 2.03 bits per heavy atom. The van der Waals surface area contributed by atoms with Gasteiger partial charge < -0.3 is 24.3 Å². The first kappa shape index (κ1) is 18.7. The second-order valence-corrected chi connectivity index (χ2v) is 6.84.